The highest BCUT2D eigenvalue weighted by Crippen LogP contribution is 2.40. The topological polar surface area (TPSA) is 267 Å². The van der Waals surface area contributed by atoms with Crippen LogP contribution in [0.3, 0.4) is 0 Å². The lowest BCUT2D eigenvalue weighted by molar-refractivity contribution is -0.132. The van der Waals surface area contributed by atoms with Crippen LogP contribution in [0.25, 0.3) is 64.6 Å². The summed E-state index contributed by atoms with van der Waals surface area (Å²) in [5.74, 6) is -1.84. The normalized spacial score (nSPS) is 12.6. The van der Waals surface area contributed by atoms with Crippen LogP contribution in [0.15, 0.2) is 109 Å². The molecular formula is C66H83N5O16. The third-order valence-corrected chi connectivity index (χ3v) is 14.4. The van der Waals surface area contributed by atoms with Crippen molar-refractivity contribution >= 4 is 88.3 Å². The standard InChI is InChI=1S/C66H83N5O16/c67-21-25-78-29-33-82-37-41-86-45-43-85-40-36-81-32-28-77-24-20-58(73)70-64(56-18-14-52-10-8-48-4-2-6-50-12-16-54(56)62(52)60(48)50)66(75)71-63(55-17-13-51-9-7-47-3-1-5-49-11-15-53(55)61(51)59(47)49)65(74)69-22-26-79-30-34-83-38-42-87-46-44-84-39-35-80-31-27-76-23-19-57(68)72/h1-18,63-64H,19-46,67H2,(H2,68,72)(H,69,74)(H,70,73)(H,71,75). The smallest absolute Gasteiger partial charge is 0.248 e. The van der Waals surface area contributed by atoms with Crippen molar-refractivity contribution in [1.29, 1.82) is 0 Å². The molecule has 0 saturated carbocycles. The minimum atomic E-state index is -1.22. The minimum Gasteiger partial charge on any atom is -0.379 e. The van der Waals surface area contributed by atoms with E-state index in [0.717, 1.165) is 64.6 Å². The highest BCUT2D eigenvalue weighted by molar-refractivity contribution is 6.25. The molecule has 21 heteroatoms. The lowest BCUT2D eigenvalue weighted by Gasteiger charge is -2.26. The van der Waals surface area contributed by atoms with Crippen LogP contribution in [-0.2, 0) is 76.0 Å². The molecule has 7 N–H and O–H groups in total. The number of carbonyl (C=O) groups excluding carboxylic acids is 4. The third-order valence-electron chi connectivity index (χ3n) is 14.4. The van der Waals surface area contributed by atoms with Crippen LogP contribution in [0.4, 0.5) is 0 Å². The van der Waals surface area contributed by atoms with E-state index in [1.54, 1.807) is 0 Å². The zero-order valence-corrected chi connectivity index (χ0v) is 49.5. The Kier molecular flexibility index (Phi) is 28.2. The molecule has 4 amide bonds. The summed E-state index contributed by atoms with van der Waals surface area (Å²) in [5.41, 5.74) is 11.7. The first-order chi connectivity index (χ1) is 42.8. The summed E-state index contributed by atoms with van der Waals surface area (Å²) in [6.07, 6.45) is 0.140. The zero-order chi connectivity index (χ0) is 60.7. The number of benzene rings is 8. The molecule has 8 rings (SSSR count). The SMILES string of the molecule is NCCOCCOCCOCCOCCOCCOCCC(=O)NC(C(=O)NC(C(=O)NCCOCCOCCOCCOCCOCCOCCC(N)=O)c1ccc2ccc3cccc4ccc1c2c34)c1ccc2ccc3cccc4ccc1c2c34. The molecule has 8 aromatic rings. The van der Waals surface area contributed by atoms with Crippen LogP contribution in [0.1, 0.15) is 36.1 Å². The van der Waals surface area contributed by atoms with Crippen molar-refractivity contribution in [3.63, 3.8) is 0 Å². The van der Waals surface area contributed by atoms with Gasteiger partial charge >= 0.3 is 0 Å². The van der Waals surface area contributed by atoms with Gasteiger partial charge in [-0.2, -0.15) is 0 Å². The van der Waals surface area contributed by atoms with Crippen LogP contribution >= 0.6 is 0 Å². The van der Waals surface area contributed by atoms with Crippen molar-refractivity contribution < 1.29 is 76.0 Å². The minimum absolute atomic E-state index is 0.0435. The number of ether oxygens (including phenoxy) is 12. The highest BCUT2D eigenvalue weighted by Gasteiger charge is 2.32. The highest BCUT2D eigenvalue weighted by atomic mass is 16.6. The van der Waals surface area contributed by atoms with Gasteiger partial charge < -0.3 is 84.3 Å². The maximum Gasteiger partial charge on any atom is 0.248 e. The number of rotatable bonds is 47. The van der Waals surface area contributed by atoms with Gasteiger partial charge in [-0.15, -0.1) is 0 Å². The first-order valence-electron chi connectivity index (χ1n) is 29.9. The zero-order valence-electron chi connectivity index (χ0n) is 49.5. The molecule has 2 atom stereocenters. The first kappa shape index (κ1) is 66.2. The van der Waals surface area contributed by atoms with Crippen LogP contribution in [-0.4, -0.2) is 195 Å². The molecule has 87 heavy (non-hydrogen) atoms. The number of hydrogen-bond acceptors (Lipinski definition) is 17. The van der Waals surface area contributed by atoms with Gasteiger partial charge in [0.2, 0.25) is 23.6 Å². The molecule has 0 fully saturated rings. The summed E-state index contributed by atoms with van der Waals surface area (Å²) < 4.78 is 66.7. The predicted molar refractivity (Wildman–Crippen MR) is 332 cm³/mol. The number of amides is 4. The molecule has 0 radical (unpaired) electrons. The van der Waals surface area contributed by atoms with Crippen molar-refractivity contribution in [3.05, 3.63) is 120 Å². The Bertz CT molecular complexity index is 3320. The summed E-state index contributed by atoms with van der Waals surface area (Å²) in [4.78, 5) is 55.0. The second-order valence-electron chi connectivity index (χ2n) is 20.4. The molecule has 0 aliphatic heterocycles. The van der Waals surface area contributed by atoms with E-state index in [4.69, 9.17) is 68.3 Å². The maximum atomic E-state index is 15.4. The van der Waals surface area contributed by atoms with Crippen molar-refractivity contribution in [3.8, 4) is 0 Å². The predicted octanol–water partition coefficient (Wildman–Crippen LogP) is 6.04. The van der Waals surface area contributed by atoms with Gasteiger partial charge in [-0.1, -0.05) is 109 Å². The fraction of sp³-hybridized carbons (Fsp3) is 0.455. The fourth-order valence-electron chi connectivity index (χ4n) is 10.2. The Morgan fingerprint density at radius 3 is 1.02 bits per heavy atom. The molecule has 0 spiro atoms. The van der Waals surface area contributed by atoms with E-state index < -0.39 is 35.7 Å². The Morgan fingerprint density at radius 1 is 0.333 bits per heavy atom. The second-order valence-corrected chi connectivity index (χ2v) is 20.4. The van der Waals surface area contributed by atoms with Crippen molar-refractivity contribution in [2.45, 2.75) is 24.9 Å². The Labute approximate surface area is 506 Å². The molecule has 2 unspecified atom stereocenters. The summed E-state index contributed by atoms with van der Waals surface area (Å²) in [5, 5.41) is 21.1. The average Bonchev–Trinajstić information content (AvgIpc) is 0.910. The van der Waals surface area contributed by atoms with Crippen LogP contribution in [0.2, 0.25) is 0 Å². The maximum absolute atomic E-state index is 15.4. The van der Waals surface area contributed by atoms with E-state index >= 15 is 4.79 Å². The van der Waals surface area contributed by atoms with Crippen molar-refractivity contribution in [2.24, 2.45) is 11.5 Å². The van der Waals surface area contributed by atoms with Gasteiger partial charge in [0.05, 0.1) is 159 Å². The summed E-state index contributed by atoms with van der Waals surface area (Å²) in [7, 11) is 0. The van der Waals surface area contributed by atoms with E-state index in [1.165, 1.54) is 0 Å². The van der Waals surface area contributed by atoms with E-state index in [0.29, 0.717) is 143 Å². The number of nitrogens with two attached hydrogens (primary N) is 2. The van der Waals surface area contributed by atoms with E-state index in [9.17, 15) is 14.4 Å². The third kappa shape index (κ3) is 20.4. The molecule has 468 valence electrons. The lowest BCUT2D eigenvalue weighted by atomic mass is 9.88. The van der Waals surface area contributed by atoms with Gasteiger partial charge in [0.15, 0.2) is 0 Å². The lowest BCUT2D eigenvalue weighted by Crippen LogP contribution is -2.46. The quantitative estimate of drug-likeness (QED) is 0.0215. The first-order valence-corrected chi connectivity index (χ1v) is 29.9. The molecule has 0 bridgehead atoms. The average molecular weight is 1200 g/mol. The number of primary amides is 1. The van der Waals surface area contributed by atoms with Crippen LogP contribution in [0.5, 0.6) is 0 Å². The van der Waals surface area contributed by atoms with Gasteiger partial charge in [0.25, 0.3) is 0 Å². The van der Waals surface area contributed by atoms with Crippen molar-refractivity contribution in [1.82, 2.24) is 16.0 Å². The van der Waals surface area contributed by atoms with Gasteiger partial charge in [-0.05, 0) is 75.8 Å². The Morgan fingerprint density at radius 2 is 0.644 bits per heavy atom. The molecule has 0 aliphatic rings. The molecule has 8 aromatic carbocycles. The molecule has 0 saturated heterocycles. The molecular weight excluding hydrogens is 1120 g/mol. The van der Waals surface area contributed by atoms with Crippen molar-refractivity contribution in [2.75, 3.05) is 172 Å². The monoisotopic (exact) mass is 1200 g/mol. The van der Waals surface area contributed by atoms with Crippen LogP contribution in [0, 0.1) is 0 Å². The molecule has 0 aliphatic carbocycles. The van der Waals surface area contributed by atoms with E-state index in [1.807, 2.05) is 60.7 Å². The second kappa shape index (κ2) is 37.1. The summed E-state index contributed by atoms with van der Waals surface area (Å²) in [6, 6.07) is 34.0. The Balaban J connectivity index is 0.855. The Hall–Kier alpha value is -6.80. The van der Waals surface area contributed by atoms with Gasteiger partial charge in [0, 0.05) is 25.9 Å². The fourth-order valence-corrected chi connectivity index (χ4v) is 10.2. The summed E-state index contributed by atoms with van der Waals surface area (Å²) in [6.45, 7) is 9.48. The number of nitrogens with one attached hydrogen (secondary N) is 3. The number of hydrogen-bond donors (Lipinski definition) is 5. The number of carbonyl (C=O) groups is 4. The van der Waals surface area contributed by atoms with E-state index in [-0.39, 0.29) is 52.4 Å². The van der Waals surface area contributed by atoms with Gasteiger partial charge in [-0.3, -0.25) is 19.2 Å². The van der Waals surface area contributed by atoms with Gasteiger partial charge in [-0.25, -0.2) is 0 Å². The largest absolute Gasteiger partial charge is 0.379 e. The van der Waals surface area contributed by atoms with Gasteiger partial charge in [0.1, 0.15) is 12.1 Å². The van der Waals surface area contributed by atoms with Crippen LogP contribution < -0.4 is 27.4 Å². The summed E-state index contributed by atoms with van der Waals surface area (Å²) >= 11 is 0. The molecule has 21 nitrogen and oxygen atoms in total. The molecule has 0 aromatic heterocycles. The van der Waals surface area contributed by atoms with E-state index in [2.05, 4.69) is 64.5 Å². The molecule has 0 heterocycles.